The Morgan fingerprint density at radius 1 is 0.893 bits per heavy atom. The van der Waals surface area contributed by atoms with E-state index in [-0.39, 0.29) is 24.7 Å². The quantitative estimate of drug-likeness (QED) is 0.440. The van der Waals surface area contributed by atoms with Crippen LogP contribution in [0, 0.1) is 0 Å². The standard InChI is InChI=1S/C21H17Cl2N3O2/c22-17-9-8-14(12-18(17)23)13-24-26-21(28)11-10-20(27)25-19-7-3-5-15-4-1-2-6-16(15)19/h1-9,12-13H,10-11H2,(H,25,27)(H,26,28)/b24-13-. The van der Waals surface area contributed by atoms with E-state index in [0.29, 0.717) is 15.6 Å². The average molecular weight is 414 g/mol. The molecule has 0 unspecified atom stereocenters. The van der Waals surface area contributed by atoms with Crippen LogP contribution in [0.15, 0.2) is 65.8 Å². The molecule has 2 N–H and O–H groups in total. The zero-order valence-electron chi connectivity index (χ0n) is 14.8. The van der Waals surface area contributed by atoms with Crippen LogP contribution in [-0.2, 0) is 9.59 Å². The molecule has 0 spiro atoms. The minimum atomic E-state index is -0.357. The Morgan fingerprint density at radius 2 is 1.64 bits per heavy atom. The van der Waals surface area contributed by atoms with Crippen molar-refractivity contribution in [3.8, 4) is 0 Å². The molecule has 0 saturated carbocycles. The van der Waals surface area contributed by atoms with E-state index in [9.17, 15) is 9.59 Å². The van der Waals surface area contributed by atoms with E-state index < -0.39 is 0 Å². The van der Waals surface area contributed by atoms with Crippen LogP contribution in [0.5, 0.6) is 0 Å². The van der Waals surface area contributed by atoms with Gasteiger partial charge in [-0.15, -0.1) is 0 Å². The van der Waals surface area contributed by atoms with Gasteiger partial charge in [-0.3, -0.25) is 9.59 Å². The van der Waals surface area contributed by atoms with Gasteiger partial charge in [0.25, 0.3) is 0 Å². The number of hydrazone groups is 1. The van der Waals surface area contributed by atoms with Gasteiger partial charge in [-0.2, -0.15) is 5.10 Å². The van der Waals surface area contributed by atoms with Crippen molar-refractivity contribution in [1.29, 1.82) is 0 Å². The Balaban J connectivity index is 1.49. The number of halogens is 2. The number of nitrogens with zero attached hydrogens (tertiary/aromatic N) is 1. The van der Waals surface area contributed by atoms with Crippen molar-refractivity contribution in [3.05, 3.63) is 76.3 Å². The molecule has 2 amide bonds. The summed E-state index contributed by atoms with van der Waals surface area (Å²) in [6.45, 7) is 0. The summed E-state index contributed by atoms with van der Waals surface area (Å²) in [5, 5.41) is 9.55. The highest BCUT2D eigenvalue weighted by molar-refractivity contribution is 6.42. The maximum absolute atomic E-state index is 12.2. The number of hydrogen-bond acceptors (Lipinski definition) is 3. The summed E-state index contributed by atoms with van der Waals surface area (Å²) < 4.78 is 0. The summed E-state index contributed by atoms with van der Waals surface area (Å²) in [5.74, 6) is -0.593. The first-order chi connectivity index (χ1) is 13.5. The largest absolute Gasteiger partial charge is 0.326 e. The minimum absolute atomic E-state index is 0.0231. The molecule has 3 rings (SSSR count). The average Bonchev–Trinajstić information content (AvgIpc) is 2.69. The number of nitrogens with one attached hydrogen (secondary N) is 2. The third-order valence-corrected chi connectivity index (χ3v) is 4.73. The van der Waals surface area contributed by atoms with Crippen molar-refractivity contribution in [1.82, 2.24) is 5.43 Å². The van der Waals surface area contributed by atoms with Gasteiger partial charge in [0, 0.05) is 23.9 Å². The van der Waals surface area contributed by atoms with Crippen molar-refractivity contribution < 1.29 is 9.59 Å². The Hall–Kier alpha value is -2.89. The Kier molecular flexibility index (Phi) is 6.63. The van der Waals surface area contributed by atoms with Gasteiger partial charge in [-0.1, -0.05) is 65.7 Å². The summed E-state index contributed by atoms with van der Waals surface area (Å²) in [4.78, 5) is 24.0. The number of carbonyl (C=O) groups excluding carboxylic acids is 2. The van der Waals surface area contributed by atoms with E-state index in [4.69, 9.17) is 23.2 Å². The monoisotopic (exact) mass is 413 g/mol. The molecular weight excluding hydrogens is 397 g/mol. The summed E-state index contributed by atoms with van der Waals surface area (Å²) >= 11 is 11.8. The van der Waals surface area contributed by atoms with Crippen LogP contribution >= 0.6 is 23.2 Å². The highest BCUT2D eigenvalue weighted by atomic mass is 35.5. The SMILES string of the molecule is O=C(CCC(=O)Nc1cccc2ccccc12)N/N=C\c1ccc(Cl)c(Cl)c1. The Bertz CT molecular complexity index is 1050. The van der Waals surface area contributed by atoms with Gasteiger partial charge < -0.3 is 5.32 Å². The summed E-state index contributed by atoms with van der Waals surface area (Å²) in [7, 11) is 0. The van der Waals surface area contributed by atoms with Crippen LogP contribution < -0.4 is 10.7 Å². The molecular formula is C21H17Cl2N3O2. The molecule has 7 heteroatoms. The van der Waals surface area contributed by atoms with E-state index >= 15 is 0 Å². The van der Waals surface area contributed by atoms with E-state index in [1.165, 1.54) is 6.21 Å². The maximum Gasteiger partial charge on any atom is 0.240 e. The lowest BCUT2D eigenvalue weighted by Gasteiger charge is -2.08. The lowest BCUT2D eigenvalue weighted by atomic mass is 10.1. The molecule has 0 aliphatic heterocycles. The van der Waals surface area contributed by atoms with Gasteiger partial charge in [0.2, 0.25) is 11.8 Å². The zero-order valence-corrected chi connectivity index (χ0v) is 16.3. The first-order valence-corrected chi connectivity index (χ1v) is 9.33. The molecule has 0 fully saturated rings. The molecule has 0 saturated heterocycles. The van der Waals surface area contributed by atoms with Gasteiger partial charge in [0.1, 0.15) is 0 Å². The Morgan fingerprint density at radius 3 is 2.46 bits per heavy atom. The van der Waals surface area contributed by atoms with Crippen molar-refractivity contribution >= 4 is 57.7 Å². The highest BCUT2D eigenvalue weighted by Crippen LogP contribution is 2.23. The number of anilines is 1. The van der Waals surface area contributed by atoms with Gasteiger partial charge in [-0.25, -0.2) is 5.43 Å². The number of fused-ring (bicyclic) bond motifs is 1. The molecule has 3 aromatic rings. The molecule has 0 atom stereocenters. The first kappa shape index (κ1) is 19.9. The molecule has 0 bridgehead atoms. The van der Waals surface area contributed by atoms with E-state index in [2.05, 4.69) is 15.8 Å². The topological polar surface area (TPSA) is 70.6 Å². The second kappa shape index (κ2) is 9.35. The molecule has 28 heavy (non-hydrogen) atoms. The van der Waals surface area contributed by atoms with E-state index in [1.54, 1.807) is 18.2 Å². The molecule has 0 radical (unpaired) electrons. The molecule has 0 aliphatic rings. The molecule has 0 heterocycles. The van der Waals surface area contributed by atoms with Gasteiger partial charge in [-0.05, 0) is 29.1 Å². The van der Waals surface area contributed by atoms with Gasteiger partial charge in [0.15, 0.2) is 0 Å². The Labute approximate surface area is 172 Å². The fourth-order valence-corrected chi connectivity index (χ4v) is 2.91. The first-order valence-electron chi connectivity index (χ1n) is 8.57. The van der Waals surface area contributed by atoms with Crippen LogP contribution in [0.1, 0.15) is 18.4 Å². The number of carbonyl (C=O) groups is 2. The predicted octanol–water partition coefficient (Wildman–Crippen LogP) is 5.02. The van der Waals surface area contributed by atoms with Crippen LogP contribution in [0.3, 0.4) is 0 Å². The fourth-order valence-electron chi connectivity index (χ4n) is 2.60. The molecule has 0 aliphatic carbocycles. The fraction of sp³-hybridized carbons (Fsp3) is 0.0952. The van der Waals surface area contributed by atoms with Crippen molar-refractivity contribution in [3.63, 3.8) is 0 Å². The van der Waals surface area contributed by atoms with Crippen LogP contribution in [-0.4, -0.2) is 18.0 Å². The number of hydrogen-bond donors (Lipinski definition) is 2. The smallest absolute Gasteiger partial charge is 0.240 e. The minimum Gasteiger partial charge on any atom is -0.326 e. The predicted molar refractivity (Wildman–Crippen MR) is 114 cm³/mol. The summed E-state index contributed by atoms with van der Waals surface area (Å²) in [6, 6.07) is 18.5. The molecule has 3 aromatic carbocycles. The van der Waals surface area contributed by atoms with Crippen LogP contribution in [0.25, 0.3) is 10.8 Å². The van der Waals surface area contributed by atoms with Crippen molar-refractivity contribution in [2.24, 2.45) is 5.10 Å². The number of amides is 2. The summed E-state index contributed by atoms with van der Waals surface area (Å²) in [6.07, 6.45) is 1.53. The number of rotatable bonds is 6. The van der Waals surface area contributed by atoms with Crippen molar-refractivity contribution in [2.45, 2.75) is 12.8 Å². The van der Waals surface area contributed by atoms with E-state index in [1.807, 2.05) is 42.5 Å². The molecule has 142 valence electrons. The number of benzene rings is 3. The second-order valence-corrected chi connectivity index (χ2v) is 6.86. The lowest BCUT2D eigenvalue weighted by molar-refractivity contribution is -0.124. The van der Waals surface area contributed by atoms with Gasteiger partial charge in [0.05, 0.1) is 16.3 Å². The molecule has 5 nitrogen and oxygen atoms in total. The highest BCUT2D eigenvalue weighted by Gasteiger charge is 2.08. The maximum atomic E-state index is 12.2. The lowest BCUT2D eigenvalue weighted by Crippen LogP contribution is -2.20. The van der Waals surface area contributed by atoms with Crippen LogP contribution in [0.2, 0.25) is 10.0 Å². The second-order valence-electron chi connectivity index (χ2n) is 6.04. The summed E-state index contributed by atoms with van der Waals surface area (Å²) in [5.41, 5.74) is 3.81. The van der Waals surface area contributed by atoms with Crippen LogP contribution in [0.4, 0.5) is 5.69 Å². The third kappa shape index (κ3) is 5.31. The van der Waals surface area contributed by atoms with Crippen molar-refractivity contribution in [2.75, 3.05) is 5.32 Å². The van der Waals surface area contributed by atoms with E-state index in [0.717, 1.165) is 16.5 Å². The molecule has 0 aromatic heterocycles. The third-order valence-electron chi connectivity index (χ3n) is 3.99. The van der Waals surface area contributed by atoms with Gasteiger partial charge >= 0.3 is 0 Å². The normalized spacial score (nSPS) is 10.9. The zero-order chi connectivity index (χ0) is 19.9.